The van der Waals surface area contributed by atoms with Crippen LogP contribution >= 0.6 is 0 Å². The fraction of sp³-hybridized carbons (Fsp3) is 0.647. The molecule has 0 radical (unpaired) electrons. The highest BCUT2D eigenvalue weighted by Crippen LogP contribution is 2.39. The van der Waals surface area contributed by atoms with Crippen LogP contribution in [0.2, 0.25) is 0 Å². The lowest BCUT2D eigenvalue weighted by Gasteiger charge is -2.35. The maximum atomic E-state index is 13.0. The average molecular weight is 278 g/mol. The summed E-state index contributed by atoms with van der Waals surface area (Å²) in [4.78, 5) is 2.27. The van der Waals surface area contributed by atoms with Crippen molar-refractivity contribution in [1.82, 2.24) is 5.32 Å². The van der Waals surface area contributed by atoms with Crippen LogP contribution in [0.1, 0.15) is 39.5 Å². The summed E-state index contributed by atoms with van der Waals surface area (Å²) in [5, 5.41) is 3.61. The van der Waals surface area contributed by atoms with Gasteiger partial charge in [-0.3, -0.25) is 0 Å². The third-order valence-electron chi connectivity index (χ3n) is 4.39. The van der Waals surface area contributed by atoms with E-state index in [2.05, 4.69) is 31.1 Å². The van der Waals surface area contributed by atoms with Gasteiger partial charge in [-0.15, -0.1) is 0 Å². The van der Waals surface area contributed by atoms with E-state index in [0.29, 0.717) is 11.5 Å². The normalized spacial score (nSPS) is 17.6. The zero-order valence-electron chi connectivity index (χ0n) is 13.0. The van der Waals surface area contributed by atoms with E-state index >= 15 is 0 Å². The molecule has 1 N–H and O–H groups in total. The number of benzene rings is 1. The van der Waals surface area contributed by atoms with Gasteiger partial charge in [-0.25, -0.2) is 4.39 Å². The summed E-state index contributed by atoms with van der Waals surface area (Å²) < 4.78 is 13.0. The zero-order chi connectivity index (χ0) is 14.6. The van der Waals surface area contributed by atoms with E-state index < -0.39 is 0 Å². The van der Waals surface area contributed by atoms with Crippen molar-refractivity contribution >= 4 is 5.69 Å². The molecular weight excluding hydrogens is 251 g/mol. The van der Waals surface area contributed by atoms with Gasteiger partial charge in [0.05, 0.1) is 0 Å². The summed E-state index contributed by atoms with van der Waals surface area (Å²) in [5.41, 5.74) is 1.47. The monoisotopic (exact) mass is 278 g/mol. The number of halogens is 1. The number of hydrogen-bond donors (Lipinski definition) is 1. The Hall–Kier alpha value is -1.09. The number of anilines is 1. The van der Waals surface area contributed by atoms with E-state index in [1.165, 1.54) is 25.7 Å². The standard InChI is InChI=1S/C17H27FN2/c1-14(2)19-12-17(10-4-5-11-17)13-20(3)16-8-6-15(18)7-9-16/h6-9,14,19H,4-5,10-13H2,1-3H3. The van der Waals surface area contributed by atoms with Gasteiger partial charge in [0.15, 0.2) is 0 Å². The fourth-order valence-electron chi connectivity index (χ4n) is 3.23. The van der Waals surface area contributed by atoms with Gasteiger partial charge >= 0.3 is 0 Å². The molecule has 2 rings (SSSR count). The lowest BCUT2D eigenvalue weighted by molar-refractivity contribution is 0.278. The van der Waals surface area contributed by atoms with Crippen LogP contribution in [0, 0.1) is 11.2 Å². The molecule has 1 aromatic rings. The molecule has 0 amide bonds. The van der Waals surface area contributed by atoms with Gasteiger partial charge in [0, 0.05) is 37.3 Å². The average Bonchev–Trinajstić information content (AvgIpc) is 2.86. The minimum atomic E-state index is -0.167. The second-order valence-corrected chi connectivity index (χ2v) is 6.58. The number of hydrogen-bond acceptors (Lipinski definition) is 2. The predicted octanol–water partition coefficient (Wildman–Crippen LogP) is 3.82. The van der Waals surface area contributed by atoms with E-state index in [1.807, 2.05) is 12.1 Å². The lowest BCUT2D eigenvalue weighted by atomic mass is 9.85. The summed E-state index contributed by atoms with van der Waals surface area (Å²) in [7, 11) is 2.11. The number of nitrogens with one attached hydrogen (secondary N) is 1. The molecule has 0 aliphatic heterocycles. The van der Waals surface area contributed by atoms with E-state index in [1.54, 1.807) is 12.1 Å². The van der Waals surface area contributed by atoms with Crippen molar-refractivity contribution in [3.8, 4) is 0 Å². The van der Waals surface area contributed by atoms with Crippen LogP contribution in [0.25, 0.3) is 0 Å². The van der Waals surface area contributed by atoms with Gasteiger partial charge in [-0.05, 0) is 37.1 Å². The molecule has 0 spiro atoms. The molecule has 1 aliphatic carbocycles. The zero-order valence-corrected chi connectivity index (χ0v) is 13.0. The minimum absolute atomic E-state index is 0.167. The first-order valence-electron chi connectivity index (χ1n) is 7.71. The molecule has 0 unspecified atom stereocenters. The van der Waals surface area contributed by atoms with Crippen LogP contribution in [0.4, 0.5) is 10.1 Å². The molecular formula is C17H27FN2. The molecule has 1 aromatic carbocycles. The van der Waals surface area contributed by atoms with E-state index in [-0.39, 0.29) is 5.82 Å². The molecule has 0 bridgehead atoms. The van der Waals surface area contributed by atoms with E-state index in [0.717, 1.165) is 18.8 Å². The largest absolute Gasteiger partial charge is 0.374 e. The molecule has 3 heteroatoms. The first kappa shape index (κ1) is 15.3. The van der Waals surface area contributed by atoms with Crippen molar-refractivity contribution < 1.29 is 4.39 Å². The Bertz CT molecular complexity index is 408. The van der Waals surface area contributed by atoms with Gasteiger partial charge in [-0.2, -0.15) is 0 Å². The molecule has 1 fully saturated rings. The summed E-state index contributed by atoms with van der Waals surface area (Å²) in [6.07, 6.45) is 5.24. The van der Waals surface area contributed by atoms with E-state index in [9.17, 15) is 4.39 Å². The maximum Gasteiger partial charge on any atom is 0.123 e. The van der Waals surface area contributed by atoms with Gasteiger partial charge in [-0.1, -0.05) is 26.7 Å². The minimum Gasteiger partial charge on any atom is -0.374 e. The highest BCUT2D eigenvalue weighted by atomic mass is 19.1. The Kier molecular flexibility index (Phi) is 5.03. The van der Waals surface area contributed by atoms with Crippen LogP contribution in [0.15, 0.2) is 24.3 Å². The van der Waals surface area contributed by atoms with Crippen molar-refractivity contribution in [3.05, 3.63) is 30.1 Å². The molecule has 0 saturated heterocycles. The van der Waals surface area contributed by atoms with Crippen LogP contribution < -0.4 is 10.2 Å². The Labute approximate surface area is 122 Å². The first-order valence-corrected chi connectivity index (χ1v) is 7.71. The van der Waals surface area contributed by atoms with Crippen molar-refractivity contribution in [2.24, 2.45) is 5.41 Å². The van der Waals surface area contributed by atoms with Crippen LogP contribution in [0.3, 0.4) is 0 Å². The number of nitrogens with zero attached hydrogens (tertiary/aromatic N) is 1. The Morgan fingerprint density at radius 3 is 2.35 bits per heavy atom. The maximum absolute atomic E-state index is 13.0. The first-order chi connectivity index (χ1) is 9.51. The lowest BCUT2D eigenvalue weighted by Crippen LogP contribution is -2.43. The van der Waals surface area contributed by atoms with Crippen molar-refractivity contribution in [2.75, 3.05) is 25.0 Å². The second-order valence-electron chi connectivity index (χ2n) is 6.58. The van der Waals surface area contributed by atoms with Gasteiger partial charge < -0.3 is 10.2 Å². The summed E-state index contributed by atoms with van der Waals surface area (Å²) in [6, 6.07) is 7.35. The fourth-order valence-corrected chi connectivity index (χ4v) is 3.23. The predicted molar refractivity (Wildman–Crippen MR) is 83.7 cm³/mol. The molecule has 1 saturated carbocycles. The van der Waals surface area contributed by atoms with E-state index in [4.69, 9.17) is 0 Å². The molecule has 2 nitrogen and oxygen atoms in total. The highest BCUT2D eigenvalue weighted by Gasteiger charge is 2.34. The van der Waals surface area contributed by atoms with Gasteiger partial charge in [0.25, 0.3) is 0 Å². The highest BCUT2D eigenvalue weighted by molar-refractivity contribution is 5.45. The van der Waals surface area contributed by atoms with Crippen LogP contribution in [-0.2, 0) is 0 Å². The third kappa shape index (κ3) is 3.95. The Morgan fingerprint density at radius 1 is 1.20 bits per heavy atom. The Balaban J connectivity index is 2.02. The van der Waals surface area contributed by atoms with Gasteiger partial charge in [0.1, 0.15) is 5.82 Å². The van der Waals surface area contributed by atoms with Gasteiger partial charge in [0.2, 0.25) is 0 Å². The van der Waals surface area contributed by atoms with Crippen molar-refractivity contribution in [1.29, 1.82) is 0 Å². The molecule has 0 heterocycles. The Morgan fingerprint density at radius 2 is 1.80 bits per heavy atom. The molecule has 112 valence electrons. The summed E-state index contributed by atoms with van der Waals surface area (Å²) >= 11 is 0. The topological polar surface area (TPSA) is 15.3 Å². The van der Waals surface area contributed by atoms with Crippen molar-refractivity contribution in [2.45, 2.75) is 45.6 Å². The summed E-state index contributed by atoms with van der Waals surface area (Å²) in [5.74, 6) is -0.167. The van der Waals surface area contributed by atoms with Crippen molar-refractivity contribution in [3.63, 3.8) is 0 Å². The molecule has 1 aliphatic rings. The second kappa shape index (κ2) is 6.57. The third-order valence-corrected chi connectivity index (χ3v) is 4.39. The smallest absolute Gasteiger partial charge is 0.123 e. The molecule has 0 atom stereocenters. The molecule has 0 aromatic heterocycles. The molecule has 20 heavy (non-hydrogen) atoms. The number of rotatable bonds is 6. The summed E-state index contributed by atoms with van der Waals surface area (Å²) in [6.45, 7) is 6.52. The van der Waals surface area contributed by atoms with Crippen LogP contribution in [0.5, 0.6) is 0 Å². The van der Waals surface area contributed by atoms with Crippen LogP contribution in [-0.4, -0.2) is 26.2 Å². The SMILES string of the molecule is CC(C)NCC1(CN(C)c2ccc(F)cc2)CCCC1. The quantitative estimate of drug-likeness (QED) is 0.851.